The molecule has 0 heterocycles. The van der Waals surface area contributed by atoms with Crippen molar-refractivity contribution in [3.63, 3.8) is 0 Å². The van der Waals surface area contributed by atoms with Gasteiger partial charge in [0.05, 0.1) is 0 Å². The second-order valence-corrected chi connectivity index (χ2v) is 8.73. The van der Waals surface area contributed by atoms with E-state index in [2.05, 4.69) is 0 Å². The molecule has 0 N–H and O–H groups in total. The molecule has 0 spiro atoms. The van der Waals surface area contributed by atoms with Gasteiger partial charge in [0.1, 0.15) is 25.7 Å². The largest absolute Gasteiger partial charge is 0.377 e. The second-order valence-electron chi connectivity index (χ2n) is 3.01. The Morgan fingerprint density at radius 2 is 1.27 bits per heavy atom. The lowest BCUT2D eigenvalue weighted by Crippen LogP contribution is -2.05. The van der Waals surface area contributed by atoms with E-state index in [1.165, 1.54) is 28.4 Å². The van der Waals surface area contributed by atoms with Gasteiger partial charge in [0.2, 0.25) is 0 Å². The molecule has 0 saturated carbocycles. The Kier molecular flexibility index (Phi) is 6.93. The van der Waals surface area contributed by atoms with Gasteiger partial charge >= 0.3 is 7.60 Å². The van der Waals surface area contributed by atoms with E-state index in [0.717, 1.165) is 0 Å². The highest BCUT2D eigenvalue weighted by Gasteiger charge is 2.34. The number of ether oxygens (including phenoxy) is 2. The fourth-order valence-electron chi connectivity index (χ4n) is 1.10. The van der Waals surface area contributed by atoms with Crippen molar-refractivity contribution in [2.24, 2.45) is 0 Å². The summed E-state index contributed by atoms with van der Waals surface area (Å²) < 4.78 is 43.0. The molecular weight excluding hydrogens is 242 g/mol. The molecule has 0 saturated heterocycles. The van der Waals surface area contributed by atoms with E-state index >= 15 is 0 Å². The van der Waals surface area contributed by atoms with Gasteiger partial charge in [-0.1, -0.05) is 0 Å². The Morgan fingerprint density at radius 3 is 1.53 bits per heavy atom. The molecule has 0 unspecified atom stereocenters. The lowest BCUT2D eigenvalue weighted by atomic mass is 11.5. The van der Waals surface area contributed by atoms with Gasteiger partial charge < -0.3 is 23.1 Å². The quantitative estimate of drug-likeness (QED) is 0.621. The van der Waals surface area contributed by atoms with Gasteiger partial charge in [-0.2, -0.15) is 0 Å². The van der Waals surface area contributed by atoms with Crippen LogP contribution in [0.5, 0.6) is 0 Å². The highest BCUT2D eigenvalue weighted by molar-refractivity contribution is 7.76. The number of methoxy groups -OCH3 is 2. The topological polar surface area (TPSA) is 71.1 Å². The first kappa shape index (κ1) is 15.3. The summed E-state index contributed by atoms with van der Waals surface area (Å²) in [7, 11) is -0.753. The summed E-state index contributed by atoms with van der Waals surface area (Å²) in [4.78, 5) is 0. The third-order valence-corrected chi connectivity index (χ3v) is 7.73. The van der Waals surface area contributed by atoms with E-state index in [4.69, 9.17) is 18.5 Å². The second kappa shape index (κ2) is 6.79. The summed E-state index contributed by atoms with van der Waals surface area (Å²) in [6, 6.07) is 0. The van der Waals surface area contributed by atoms with Gasteiger partial charge in [-0.15, -0.1) is 0 Å². The monoisotopic (exact) mass is 260 g/mol. The zero-order valence-electron chi connectivity index (χ0n) is 9.47. The fraction of sp³-hybridized carbons (Fsp3) is 1.00. The van der Waals surface area contributed by atoms with Crippen molar-refractivity contribution < 1.29 is 27.7 Å². The van der Waals surface area contributed by atoms with E-state index in [9.17, 15) is 9.13 Å². The van der Waals surface area contributed by atoms with Crippen LogP contribution in [0.25, 0.3) is 0 Å². The van der Waals surface area contributed by atoms with E-state index < -0.39 is 14.7 Å². The third kappa shape index (κ3) is 5.25. The molecule has 0 atom stereocenters. The Morgan fingerprint density at radius 1 is 0.867 bits per heavy atom. The molecule has 92 valence electrons. The van der Waals surface area contributed by atoms with Gasteiger partial charge in [-0.05, 0) is 0 Å². The van der Waals surface area contributed by atoms with Crippen molar-refractivity contribution in [2.75, 3.05) is 47.0 Å². The zero-order chi connectivity index (χ0) is 11.9. The van der Waals surface area contributed by atoms with Crippen molar-refractivity contribution in [3.8, 4) is 0 Å². The van der Waals surface area contributed by atoms with Crippen LogP contribution in [0.15, 0.2) is 0 Å². The molecule has 0 aliphatic rings. The zero-order valence-corrected chi connectivity index (χ0v) is 11.3. The number of hydrogen-bond donors (Lipinski definition) is 0. The lowest BCUT2D eigenvalue weighted by molar-refractivity contribution is 0.222. The first-order chi connectivity index (χ1) is 6.95. The summed E-state index contributed by atoms with van der Waals surface area (Å²) in [6.45, 7) is 0. The molecule has 6 nitrogen and oxygen atoms in total. The molecule has 0 aromatic rings. The fourth-order valence-corrected chi connectivity index (χ4v) is 6.36. The maximum absolute atomic E-state index is 12.2. The Hall–Kier alpha value is 0.300. The average molecular weight is 260 g/mol. The maximum atomic E-state index is 12.2. The summed E-state index contributed by atoms with van der Waals surface area (Å²) >= 11 is 0. The van der Waals surface area contributed by atoms with Crippen molar-refractivity contribution >= 4 is 14.7 Å². The minimum Gasteiger partial charge on any atom is -0.377 e. The smallest absolute Gasteiger partial charge is 0.337 e. The van der Waals surface area contributed by atoms with Crippen molar-refractivity contribution in [1.82, 2.24) is 0 Å². The Bertz CT molecular complexity index is 248. The molecule has 0 amide bonds. The average Bonchev–Trinajstić information content (AvgIpc) is 2.18. The molecule has 0 fully saturated rings. The molecule has 0 bridgehead atoms. The highest BCUT2D eigenvalue weighted by Crippen LogP contribution is 2.61. The van der Waals surface area contributed by atoms with Gasteiger partial charge in [-0.25, -0.2) is 0 Å². The predicted molar refractivity (Wildman–Crippen MR) is 57.9 cm³/mol. The van der Waals surface area contributed by atoms with Gasteiger partial charge in [0, 0.05) is 28.4 Å². The van der Waals surface area contributed by atoms with Crippen LogP contribution in [0.2, 0.25) is 0 Å². The van der Waals surface area contributed by atoms with Crippen LogP contribution >= 0.6 is 14.7 Å². The molecule has 0 radical (unpaired) electrons. The molecule has 0 aliphatic carbocycles. The third-order valence-electron chi connectivity index (χ3n) is 1.72. The minimum absolute atomic E-state index is 0.00243. The van der Waals surface area contributed by atoms with Crippen LogP contribution < -0.4 is 0 Å². The summed E-state index contributed by atoms with van der Waals surface area (Å²) in [5.74, 6) is -0.172. The molecule has 0 aromatic heterocycles. The summed E-state index contributed by atoms with van der Waals surface area (Å²) in [5.41, 5.74) is 0. The van der Waals surface area contributed by atoms with Crippen molar-refractivity contribution in [1.29, 1.82) is 0 Å². The first-order valence-electron chi connectivity index (χ1n) is 4.21. The van der Waals surface area contributed by atoms with Crippen molar-refractivity contribution in [2.45, 2.75) is 0 Å². The molecule has 8 heteroatoms. The van der Waals surface area contributed by atoms with E-state index in [1.807, 2.05) is 0 Å². The Balaban J connectivity index is 4.66. The van der Waals surface area contributed by atoms with Crippen LogP contribution in [0.4, 0.5) is 0 Å². The predicted octanol–water partition coefficient (Wildman–Crippen LogP) is 2.00. The van der Waals surface area contributed by atoms with Crippen LogP contribution in [-0.2, 0) is 27.7 Å². The molecule has 0 aromatic carbocycles. The van der Waals surface area contributed by atoms with Gasteiger partial charge in [0.25, 0.3) is 0 Å². The Labute approximate surface area is 90.1 Å². The number of rotatable bonds is 8. The molecule has 0 aliphatic heterocycles. The number of hydrogen-bond acceptors (Lipinski definition) is 6. The lowest BCUT2D eigenvalue weighted by Gasteiger charge is -2.20. The molecular formula is C7H18O6P2. The SMILES string of the molecule is COCP(=O)(COC)CP(=O)(OC)OC. The van der Waals surface area contributed by atoms with E-state index in [-0.39, 0.29) is 18.6 Å². The van der Waals surface area contributed by atoms with Gasteiger partial charge in [0.15, 0.2) is 0 Å². The van der Waals surface area contributed by atoms with E-state index in [1.54, 1.807) is 0 Å². The minimum atomic E-state index is -3.29. The normalized spacial score (nSPS) is 13.1. The van der Waals surface area contributed by atoms with Gasteiger partial charge in [-0.3, -0.25) is 4.57 Å². The first-order valence-corrected chi connectivity index (χ1v) is 8.20. The van der Waals surface area contributed by atoms with Crippen molar-refractivity contribution in [3.05, 3.63) is 0 Å². The standard InChI is InChI=1S/C7H18O6P2/c1-10-5-14(8,6-11-2)7-15(9,12-3)13-4/h5-7H2,1-4H3. The maximum Gasteiger partial charge on any atom is 0.337 e. The van der Waals surface area contributed by atoms with Crippen LogP contribution in [0.3, 0.4) is 0 Å². The van der Waals surface area contributed by atoms with Crippen LogP contribution in [-0.4, -0.2) is 47.0 Å². The summed E-state index contributed by atoms with van der Waals surface area (Å²) in [6.07, 6.45) is -0.00486. The van der Waals surface area contributed by atoms with E-state index in [0.29, 0.717) is 0 Å². The highest BCUT2D eigenvalue weighted by atomic mass is 31.2. The summed E-state index contributed by atoms with van der Waals surface area (Å²) in [5, 5.41) is 0. The molecule has 15 heavy (non-hydrogen) atoms. The van der Waals surface area contributed by atoms with Crippen LogP contribution in [0, 0.1) is 0 Å². The van der Waals surface area contributed by atoms with Crippen LogP contribution in [0.1, 0.15) is 0 Å². The molecule has 0 rings (SSSR count).